The molecule has 3 N–H and O–H groups in total. The normalized spacial score (nSPS) is 12.8. The molecule has 1 heterocycles. The third-order valence-electron chi connectivity index (χ3n) is 3.13. The number of imidazole rings is 1. The maximum absolute atomic E-state index is 13.8. The average Bonchev–Trinajstić information content (AvgIpc) is 2.77. The fourth-order valence-corrected chi connectivity index (χ4v) is 2.43. The lowest BCUT2D eigenvalue weighted by molar-refractivity contribution is 0.215. The van der Waals surface area contributed by atoms with Crippen molar-refractivity contribution in [1.29, 1.82) is 0 Å². The van der Waals surface area contributed by atoms with Crippen molar-refractivity contribution in [2.45, 2.75) is 6.10 Å². The highest BCUT2D eigenvalue weighted by Gasteiger charge is 2.18. The van der Waals surface area contributed by atoms with Crippen LogP contribution >= 0.6 is 11.6 Å². The maximum atomic E-state index is 13.8. The van der Waals surface area contributed by atoms with E-state index in [-0.39, 0.29) is 16.3 Å². The quantitative estimate of drug-likeness (QED) is 0.680. The molecule has 0 spiro atoms. The molecule has 102 valence electrons. The number of rotatable bonds is 2. The van der Waals surface area contributed by atoms with Crippen molar-refractivity contribution in [3.8, 4) is 0 Å². The van der Waals surface area contributed by atoms with Gasteiger partial charge >= 0.3 is 5.69 Å². The third kappa shape index (κ3) is 2.11. The van der Waals surface area contributed by atoms with Gasteiger partial charge in [-0.05, 0) is 29.8 Å². The molecule has 3 aromatic rings. The predicted octanol–water partition coefficient (Wildman–Crippen LogP) is 2.73. The summed E-state index contributed by atoms with van der Waals surface area (Å²) in [6.45, 7) is 0. The van der Waals surface area contributed by atoms with Crippen LogP contribution < -0.4 is 5.69 Å². The first-order valence-corrected chi connectivity index (χ1v) is 6.28. The number of fused-ring (bicyclic) bond motifs is 1. The van der Waals surface area contributed by atoms with E-state index in [1.165, 1.54) is 18.2 Å². The second-order valence-corrected chi connectivity index (χ2v) is 4.83. The van der Waals surface area contributed by atoms with Crippen LogP contribution in [0.4, 0.5) is 4.39 Å². The smallest absolute Gasteiger partial charge is 0.323 e. The van der Waals surface area contributed by atoms with Crippen LogP contribution in [0.5, 0.6) is 0 Å². The van der Waals surface area contributed by atoms with Crippen molar-refractivity contribution in [3.05, 3.63) is 68.8 Å². The van der Waals surface area contributed by atoms with E-state index in [0.717, 1.165) is 0 Å². The Hall–Kier alpha value is -2.11. The van der Waals surface area contributed by atoms with Gasteiger partial charge in [-0.25, -0.2) is 9.18 Å². The molecule has 0 saturated heterocycles. The molecule has 4 nitrogen and oxygen atoms in total. The number of H-pyrrole nitrogens is 2. The molecule has 3 rings (SSSR count). The van der Waals surface area contributed by atoms with Crippen molar-refractivity contribution < 1.29 is 9.50 Å². The largest absolute Gasteiger partial charge is 0.383 e. The summed E-state index contributed by atoms with van der Waals surface area (Å²) in [7, 11) is 0. The summed E-state index contributed by atoms with van der Waals surface area (Å²) in [5.41, 5.74) is 1.28. The molecule has 0 amide bonds. The van der Waals surface area contributed by atoms with E-state index in [9.17, 15) is 14.3 Å². The van der Waals surface area contributed by atoms with E-state index >= 15 is 0 Å². The molecular weight excluding hydrogens is 283 g/mol. The van der Waals surface area contributed by atoms with E-state index in [1.54, 1.807) is 18.2 Å². The molecule has 1 unspecified atom stereocenters. The molecule has 1 aromatic heterocycles. The highest BCUT2D eigenvalue weighted by Crippen LogP contribution is 2.31. The van der Waals surface area contributed by atoms with E-state index in [4.69, 9.17) is 11.6 Å². The molecule has 0 radical (unpaired) electrons. The Morgan fingerprint density at radius 1 is 1.15 bits per heavy atom. The Bertz CT molecular complexity index is 820. The predicted molar refractivity (Wildman–Crippen MR) is 74.4 cm³/mol. The van der Waals surface area contributed by atoms with Crippen molar-refractivity contribution in [2.75, 3.05) is 0 Å². The number of benzene rings is 2. The monoisotopic (exact) mass is 292 g/mol. The minimum absolute atomic E-state index is 0.0198. The van der Waals surface area contributed by atoms with Gasteiger partial charge in [0, 0.05) is 10.6 Å². The average molecular weight is 293 g/mol. The van der Waals surface area contributed by atoms with Crippen LogP contribution in [-0.2, 0) is 0 Å². The minimum Gasteiger partial charge on any atom is -0.383 e. The number of nitrogens with one attached hydrogen (secondary N) is 2. The zero-order valence-electron chi connectivity index (χ0n) is 10.2. The summed E-state index contributed by atoms with van der Waals surface area (Å²) in [6, 6.07) is 9.06. The SMILES string of the molecule is O=c1[nH]c2ccc(C(O)c3c(F)cccc3Cl)cc2[nH]1. The molecule has 0 bridgehead atoms. The second kappa shape index (κ2) is 4.77. The summed E-state index contributed by atoms with van der Waals surface area (Å²) in [6.07, 6.45) is -1.20. The fourth-order valence-electron chi connectivity index (χ4n) is 2.16. The summed E-state index contributed by atoms with van der Waals surface area (Å²) < 4.78 is 13.8. The Morgan fingerprint density at radius 2 is 1.90 bits per heavy atom. The van der Waals surface area contributed by atoms with E-state index < -0.39 is 11.9 Å². The fraction of sp³-hybridized carbons (Fsp3) is 0.0714. The lowest BCUT2D eigenvalue weighted by atomic mass is 10.0. The standard InChI is InChI=1S/C14H10ClFN2O2/c15-8-2-1-3-9(16)12(8)13(19)7-4-5-10-11(6-7)18-14(20)17-10/h1-6,13,19H,(H2,17,18,20). The van der Waals surface area contributed by atoms with Crippen molar-refractivity contribution in [3.63, 3.8) is 0 Å². The molecular formula is C14H10ClFN2O2. The lowest BCUT2D eigenvalue weighted by Crippen LogP contribution is -2.03. The van der Waals surface area contributed by atoms with Crippen molar-refractivity contribution >= 4 is 22.6 Å². The van der Waals surface area contributed by atoms with Crippen molar-refractivity contribution in [1.82, 2.24) is 9.97 Å². The second-order valence-electron chi connectivity index (χ2n) is 4.42. The number of aromatic nitrogens is 2. The van der Waals surface area contributed by atoms with Gasteiger partial charge < -0.3 is 15.1 Å². The number of hydrogen-bond acceptors (Lipinski definition) is 2. The topological polar surface area (TPSA) is 68.9 Å². The molecule has 0 aliphatic rings. The first-order chi connectivity index (χ1) is 9.56. The van der Waals surface area contributed by atoms with E-state index in [0.29, 0.717) is 16.6 Å². The third-order valence-corrected chi connectivity index (χ3v) is 3.46. The first-order valence-electron chi connectivity index (χ1n) is 5.90. The lowest BCUT2D eigenvalue weighted by Gasteiger charge is -2.14. The van der Waals surface area contributed by atoms with Crippen LogP contribution in [0.25, 0.3) is 11.0 Å². The van der Waals surface area contributed by atoms with Gasteiger partial charge in [-0.15, -0.1) is 0 Å². The van der Waals surface area contributed by atoms with Crippen LogP contribution in [0.1, 0.15) is 17.2 Å². The molecule has 20 heavy (non-hydrogen) atoms. The molecule has 0 saturated carbocycles. The number of hydrogen-bond donors (Lipinski definition) is 3. The number of aliphatic hydroxyl groups excluding tert-OH is 1. The maximum Gasteiger partial charge on any atom is 0.323 e. The van der Waals surface area contributed by atoms with Crippen LogP contribution in [0.15, 0.2) is 41.2 Å². The summed E-state index contributed by atoms with van der Waals surface area (Å²) in [5, 5.41) is 10.4. The molecule has 0 fully saturated rings. The summed E-state index contributed by atoms with van der Waals surface area (Å²) in [5.74, 6) is -0.576. The molecule has 6 heteroatoms. The Labute approximate surface area is 117 Å². The van der Waals surface area contributed by atoms with Crippen LogP contribution in [0.3, 0.4) is 0 Å². The van der Waals surface area contributed by atoms with Crippen LogP contribution in [0, 0.1) is 5.82 Å². The van der Waals surface area contributed by atoms with Gasteiger partial charge in [-0.2, -0.15) is 0 Å². The van der Waals surface area contributed by atoms with E-state index in [1.807, 2.05) is 0 Å². The summed E-state index contributed by atoms with van der Waals surface area (Å²) >= 11 is 5.93. The van der Waals surface area contributed by atoms with Crippen LogP contribution in [0.2, 0.25) is 5.02 Å². The highest BCUT2D eigenvalue weighted by atomic mass is 35.5. The van der Waals surface area contributed by atoms with Gasteiger partial charge in [0.2, 0.25) is 0 Å². The Kier molecular flexibility index (Phi) is 3.08. The van der Waals surface area contributed by atoms with Gasteiger partial charge in [0.1, 0.15) is 11.9 Å². The molecule has 0 aliphatic heterocycles. The highest BCUT2D eigenvalue weighted by molar-refractivity contribution is 6.31. The Balaban J connectivity index is 2.12. The van der Waals surface area contributed by atoms with Gasteiger partial charge in [0.15, 0.2) is 0 Å². The molecule has 1 atom stereocenters. The molecule has 0 aliphatic carbocycles. The van der Waals surface area contributed by atoms with Crippen LogP contribution in [-0.4, -0.2) is 15.1 Å². The van der Waals surface area contributed by atoms with Crippen molar-refractivity contribution in [2.24, 2.45) is 0 Å². The van der Waals surface area contributed by atoms with Gasteiger partial charge in [0.05, 0.1) is 11.0 Å². The summed E-state index contributed by atoms with van der Waals surface area (Å²) in [4.78, 5) is 16.4. The molecule has 2 aromatic carbocycles. The zero-order valence-corrected chi connectivity index (χ0v) is 10.9. The van der Waals surface area contributed by atoms with E-state index in [2.05, 4.69) is 9.97 Å². The number of aliphatic hydroxyl groups is 1. The first kappa shape index (κ1) is 12.9. The van der Waals surface area contributed by atoms with Gasteiger partial charge in [-0.1, -0.05) is 23.7 Å². The van der Waals surface area contributed by atoms with Gasteiger partial charge in [-0.3, -0.25) is 0 Å². The minimum atomic E-state index is -1.20. The van der Waals surface area contributed by atoms with Gasteiger partial charge in [0.25, 0.3) is 0 Å². The number of aromatic amines is 2. The number of halogens is 2. The zero-order chi connectivity index (χ0) is 14.3. The Morgan fingerprint density at radius 3 is 2.65 bits per heavy atom.